The third kappa shape index (κ3) is 4.52. The molecule has 1 aliphatic heterocycles. The van der Waals surface area contributed by atoms with Gasteiger partial charge in [0.2, 0.25) is 5.78 Å². The van der Waals surface area contributed by atoms with E-state index in [4.69, 9.17) is 17.3 Å². The number of nitrogens with two attached hydrogens (primary N) is 1. The molecule has 190 valence electrons. The van der Waals surface area contributed by atoms with Gasteiger partial charge >= 0.3 is 0 Å². The summed E-state index contributed by atoms with van der Waals surface area (Å²) in [5.74, 6) is -0.468. The first kappa shape index (κ1) is 24.1. The first-order valence-electron chi connectivity index (χ1n) is 12.5. The molecule has 6 rings (SSSR count). The number of hydrogen-bond acceptors (Lipinski definition) is 7. The van der Waals surface area contributed by atoms with Crippen LogP contribution in [0.2, 0.25) is 5.02 Å². The maximum Gasteiger partial charge on any atom is 0.280 e. The highest BCUT2D eigenvalue weighted by Crippen LogP contribution is 2.33. The molecule has 1 aromatic carbocycles. The van der Waals surface area contributed by atoms with Crippen molar-refractivity contribution in [2.45, 2.75) is 50.2 Å². The summed E-state index contributed by atoms with van der Waals surface area (Å²) >= 11 is 7.53. The number of carbonyl (C=O) groups excluding carboxylic acids is 2. The second kappa shape index (κ2) is 9.55. The van der Waals surface area contributed by atoms with Crippen LogP contribution < -0.4 is 16.0 Å². The van der Waals surface area contributed by atoms with Crippen molar-refractivity contribution in [1.29, 1.82) is 0 Å². The van der Waals surface area contributed by atoms with Crippen LogP contribution in [0.15, 0.2) is 48.8 Å². The summed E-state index contributed by atoms with van der Waals surface area (Å²) in [6, 6.07) is 10.7. The van der Waals surface area contributed by atoms with Crippen LogP contribution in [0.25, 0.3) is 10.9 Å². The molecule has 2 atom stereocenters. The number of nitrogens with one attached hydrogen (secondary N) is 2. The Balaban J connectivity index is 1.20. The second-order valence-electron chi connectivity index (χ2n) is 9.82. The number of nitrogens with zero attached hydrogens (tertiary/aromatic N) is 3. The van der Waals surface area contributed by atoms with Crippen molar-refractivity contribution in [2.24, 2.45) is 5.73 Å². The van der Waals surface area contributed by atoms with Crippen LogP contribution in [0.1, 0.15) is 56.5 Å². The summed E-state index contributed by atoms with van der Waals surface area (Å²) in [7, 11) is 0. The number of anilines is 1. The maximum atomic E-state index is 13.7. The molecule has 8 nitrogen and oxygen atoms in total. The molecule has 4 N–H and O–H groups in total. The predicted molar refractivity (Wildman–Crippen MR) is 145 cm³/mol. The molecule has 4 aromatic rings. The number of benzene rings is 1. The largest absolute Gasteiger partial charge is 0.366 e. The number of thiazole rings is 1. The number of hydrogen-bond donors (Lipinski definition) is 3. The molecule has 4 heterocycles. The SMILES string of the molecule is NC1(C(=O)c2cc3ccc(Cl)cc3[nH]2)CCCCC1NC(=O)c1nc2c(s1)CN(c1ccncc1)CC2. The number of Topliss-reactive ketones (excluding diaryl/α,β-unsaturated/α-hetero) is 1. The van der Waals surface area contributed by atoms with Gasteiger partial charge in [0.05, 0.1) is 24.0 Å². The van der Waals surface area contributed by atoms with Crippen LogP contribution in [0.3, 0.4) is 0 Å². The Hall–Kier alpha value is -3.27. The zero-order valence-electron chi connectivity index (χ0n) is 20.2. The highest BCUT2D eigenvalue weighted by Gasteiger charge is 2.45. The van der Waals surface area contributed by atoms with Crippen molar-refractivity contribution in [3.63, 3.8) is 0 Å². The highest BCUT2D eigenvalue weighted by atomic mass is 35.5. The van der Waals surface area contributed by atoms with Gasteiger partial charge in [0, 0.05) is 51.8 Å². The molecule has 1 saturated carbocycles. The Morgan fingerprint density at radius 1 is 1.19 bits per heavy atom. The zero-order valence-corrected chi connectivity index (χ0v) is 21.7. The molecular formula is C27H27ClN6O2S. The van der Waals surface area contributed by atoms with Gasteiger partial charge in [-0.3, -0.25) is 14.6 Å². The van der Waals surface area contributed by atoms with Crippen molar-refractivity contribution >= 4 is 51.2 Å². The van der Waals surface area contributed by atoms with E-state index < -0.39 is 11.6 Å². The number of pyridine rings is 1. The topological polar surface area (TPSA) is 117 Å². The fourth-order valence-electron chi connectivity index (χ4n) is 5.43. The lowest BCUT2D eigenvalue weighted by Gasteiger charge is -2.39. The van der Waals surface area contributed by atoms with Crippen LogP contribution >= 0.6 is 22.9 Å². The summed E-state index contributed by atoms with van der Waals surface area (Å²) in [5.41, 5.74) is 8.88. The van der Waals surface area contributed by atoms with E-state index in [0.29, 0.717) is 35.1 Å². The minimum Gasteiger partial charge on any atom is -0.366 e. The smallest absolute Gasteiger partial charge is 0.280 e. The summed E-state index contributed by atoms with van der Waals surface area (Å²) in [5, 5.41) is 4.98. The van der Waals surface area contributed by atoms with Gasteiger partial charge in [-0.25, -0.2) is 4.98 Å². The van der Waals surface area contributed by atoms with Gasteiger partial charge < -0.3 is 20.9 Å². The number of amides is 1. The summed E-state index contributed by atoms with van der Waals surface area (Å²) in [6.07, 6.45) is 7.21. The number of aromatic nitrogens is 3. The van der Waals surface area contributed by atoms with Crippen LogP contribution in [-0.4, -0.2) is 44.8 Å². The van der Waals surface area contributed by atoms with Gasteiger partial charge in [0.1, 0.15) is 5.54 Å². The summed E-state index contributed by atoms with van der Waals surface area (Å²) in [4.78, 5) is 42.3. The Labute approximate surface area is 223 Å². The van der Waals surface area contributed by atoms with Crippen molar-refractivity contribution in [3.05, 3.63) is 75.1 Å². The first-order chi connectivity index (χ1) is 17.9. The number of halogens is 1. The highest BCUT2D eigenvalue weighted by molar-refractivity contribution is 7.13. The molecule has 37 heavy (non-hydrogen) atoms. The van der Waals surface area contributed by atoms with Gasteiger partial charge in [0.25, 0.3) is 5.91 Å². The lowest BCUT2D eigenvalue weighted by atomic mass is 9.74. The molecule has 0 radical (unpaired) electrons. The van der Waals surface area contributed by atoms with Crippen molar-refractivity contribution in [1.82, 2.24) is 20.3 Å². The van der Waals surface area contributed by atoms with Crippen LogP contribution in [0, 0.1) is 0 Å². The molecule has 1 amide bonds. The fraction of sp³-hybridized carbons (Fsp3) is 0.333. The molecule has 2 unspecified atom stereocenters. The molecule has 2 aliphatic rings. The standard InChI is InChI=1S/C27H27ClN6O2S/c28-17-5-4-16-13-21(31-20(16)14-17)24(35)27(29)9-2-1-3-23(27)33-25(36)26-32-19-8-12-34(15-22(19)37-26)18-6-10-30-11-7-18/h4-7,10-11,13-14,23,31H,1-3,8-9,12,15,29H2,(H,33,36). The van der Waals surface area contributed by atoms with Gasteiger partial charge in [-0.1, -0.05) is 30.5 Å². The molecule has 3 aromatic heterocycles. The van der Waals surface area contributed by atoms with E-state index >= 15 is 0 Å². The Bertz CT molecular complexity index is 1480. The normalized spacial score (nSPS) is 21.6. The van der Waals surface area contributed by atoms with Gasteiger partial charge in [0.15, 0.2) is 5.01 Å². The third-order valence-corrected chi connectivity index (χ3v) is 8.78. The quantitative estimate of drug-likeness (QED) is 0.325. The van der Waals surface area contributed by atoms with Crippen molar-refractivity contribution in [3.8, 4) is 0 Å². The Morgan fingerprint density at radius 2 is 2.03 bits per heavy atom. The van der Waals surface area contributed by atoms with E-state index in [1.807, 2.05) is 18.2 Å². The Kier molecular flexibility index (Phi) is 6.22. The molecule has 0 saturated heterocycles. The fourth-order valence-corrected chi connectivity index (χ4v) is 6.63. The lowest BCUT2D eigenvalue weighted by Crippen LogP contribution is -2.64. The molecule has 1 fully saturated rings. The van der Waals surface area contributed by atoms with E-state index in [9.17, 15) is 9.59 Å². The zero-order chi connectivity index (χ0) is 25.6. The molecule has 1 aliphatic carbocycles. The molecular weight excluding hydrogens is 508 g/mol. The minimum atomic E-state index is -1.20. The Morgan fingerprint density at radius 3 is 2.86 bits per heavy atom. The van der Waals surface area contributed by atoms with E-state index in [2.05, 4.69) is 25.2 Å². The van der Waals surface area contributed by atoms with Crippen LogP contribution in [0.5, 0.6) is 0 Å². The summed E-state index contributed by atoms with van der Waals surface area (Å²) in [6.45, 7) is 1.54. The lowest BCUT2D eigenvalue weighted by molar-refractivity contribution is 0.0755. The first-order valence-corrected chi connectivity index (χ1v) is 13.7. The monoisotopic (exact) mass is 534 g/mol. The van der Waals surface area contributed by atoms with E-state index in [1.165, 1.54) is 11.3 Å². The van der Waals surface area contributed by atoms with Crippen molar-refractivity contribution in [2.75, 3.05) is 11.4 Å². The third-order valence-electron chi connectivity index (χ3n) is 7.47. The molecule has 0 spiro atoms. The minimum absolute atomic E-state index is 0.198. The number of carbonyl (C=O) groups is 2. The molecule has 10 heteroatoms. The number of ketones is 1. The van der Waals surface area contributed by atoms with E-state index in [0.717, 1.165) is 53.0 Å². The number of H-pyrrole nitrogens is 1. The van der Waals surface area contributed by atoms with E-state index in [1.54, 1.807) is 30.6 Å². The predicted octanol–water partition coefficient (Wildman–Crippen LogP) is 4.49. The van der Waals surface area contributed by atoms with Gasteiger partial charge in [-0.05, 0) is 43.2 Å². The van der Waals surface area contributed by atoms with Gasteiger partial charge in [-0.15, -0.1) is 11.3 Å². The summed E-state index contributed by atoms with van der Waals surface area (Å²) < 4.78 is 0. The average Bonchev–Trinajstić information content (AvgIpc) is 3.53. The second-order valence-corrected chi connectivity index (χ2v) is 11.3. The van der Waals surface area contributed by atoms with E-state index in [-0.39, 0.29) is 11.7 Å². The average molecular weight is 535 g/mol. The van der Waals surface area contributed by atoms with Crippen LogP contribution in [-0.2, 0) is 13.0 Å². The number of fused-ring (bicyclic) bond motifs is 2. The van der Waals surface area contributed by atoms with Crippen LogP contribution in [0.4, 0.5) is 5.69 Å². The number of aromatic amines is 1. The van der Waals surface area contributed by atoms with Gasteiger partial charge in [-0.2, -0.15) is 0 Å². The maximum absolute atomic E-state index is 13.7. The van der Waals surface area contributed by atoms with Crippen molar-refractivity contribution < 1.29 is 9.59 Å². The molecule has 0 bridgehead atoms. The number of rotatable bonds is 5.